The molecule has 0 radical (unpaired) electrons. The van der Waals surface area contributed by atoms with Crippen molar-refractivity contribution >= 4 is 52.2 Å². The van der Waals surface area contributed by atoms with Gasteiger partial charge in [-0.05, 0) is 11.4 Å². The van der Waals surface area contributed by atoms with E-state index in [0.29, 0.717) is 4.21 Å². The van der Waals surface area contributed by atoms with Gasteiger partial charge in [0, 0.05) is 37.4 Å². The lowest BCUT2D eigenvalue weighted by atomic mass is 9.87. The first-order valence-electron chi connectivity index (χ1n) is 9.17. The van der Waals surface area contributed by atoms with Crippen LogP contribution in [0.3, 0.4) is 0 Å². The molecule has 0 aliphatic carbocycles. The molecule has 158 valence electrons. The molecule has 3 unspecified atom stereocenters. The van der Waals surface area contributed by atoms with E-state index in [4.69, 9.17) is 0 Å². The second-order valence-corrected chi connectivity index (χ2v) is 10.9. The van der Waals surface area contributed by atoms with Crippen molar-refractivity contribution in [1.82, 2.24) is 9.21 Å². The lowest BCUT2D eigenvalue weighted by Crippen LogP contribution is -2.76. The maximum Gasteiger partial charge on any atom is 0.262 e. The number of aromatic nitrogens is 1. The number of nitrogens with zero attached hydrogens (tertiary/aromatic N) is 3. The van der Waals surface area contributed by atoms with E-state index in [0.717, 1.165) is 4.31 Å². The maximum absolute atomic E-state index is 12.9. The molecule has 4 heterocycles. The molecule has 2 fully saturated rings. The van der Waals surface area contributed by atoms with E-state index in [-0.39, 0.29) is 18.8 Å². The quantitative estimate of drug-likeness (QED) is 0.327. The normalized spacial score (nSPS) is 26.5. The predicted octanol–water partition coefficient (Wildman–Crippen LogP) is -0.373. The second-order valence-electron chi connectivity index (χ2n) is 7.25. The van der Waals surface area contributed by atoms with Gasteiger partial charge in [0.25, 0.3) is 11.8 Å². The number of carbonyl (C=O) groups excluding carboxylic acids is 3. The van der Waals surface area contributed by atoms with E-state index in [2.05, 4.69) is 0 Å². The molecule has 2 aliphatic heterocycles. The van der Waals surface area contributed by atoms with Gasteiger partial charge in [0.15, 0.2) is 25.0 Å². The largest absolute Gasteiger partial charge is 0.587 e. The summed E-state index contributed by atoms with van der Waals surface area (Å²) < 4.78 is 16.3. The predicted molar refractivity (Wildman–Crippen MR) is 109 cm³/mol. The third-order valence-electron chi connectivity index (χ3n) is 5.22. The lowest BCUT2D eigenvalue weighted by molar-refractivity contribution is -0.707. The molecule has 2 saturated heterocycles. The van der Waals surface area contributed by atoms with Gasteiger partial charge in [-0.2, -0.15) is 0 Å². The van der Waals surface area contributed by atoms with Crippen LogP contribution in [0, 0.1) is 5.41 Å². The molecular weight excluding hydrogens is 446 g/mol. The number of thiophene rings is 1. The number of pyridine rings is 1. The molecule has 4 atom stereocenters. The fraction of sp³-hybridized carbons (Fsp3) is 0.368. The van der Waals surface area contributed by atoms with E-state index in [1.54, 1.807) is 46.6 Å². The highest BCUT2D eigenvalue weighted by Crippen LogP contribution is 2.45. The molecular formula is C19H19N3O5S3. The van der Waals surface area contributed by atoms with Gasteiger partial charge in [-0.3, -0.25) is 9.59 Å². The number of β-lactam (4-membered cyclic amide) rings is 1. The zero-order valence-corrected chi connectivity index (χ0v) is 18.5. The number of hydrogen-bond acceptors (Lipinski definition) is 7. The molecule has 2 aromatic rings. The average molecular weight is 466 g/mol. The third kappa shape index (κ3) is 3.59. The number of carboxylic acids is 1. The van der Waals surface area contributed by atoms with Crippen molar-refractivity contribution in [3.05, 3.63) is 48.1 Å². The van der Waals surface area contributed by atoms with Crippen molar-refractivity contribution in [3.8, 4) is 0 Å². The third-order valence-corrected chi connectivity index (χ3v) is 9.49. The summed E-state index contributed by atoms with van der Waals surface area (Å²) in [5.41, 5.74) is -1.25. The van der Waals surface area contributed by atoms with Crippen molar-refractivity contribution < 1.29 is 28.6 Å². The smallest absolute Gasteiger partial charge is 0.262 e. The first-order chi connectivity index (χ1) is 14.3. The summed E-state index contributed by atoms with van der Waals surface area (Å²) in [6.07, 6.45) is 3.54. The molecule has 11 heteroatoms. The van der Waals surface area contributed by atoms with Crippen molar-refractivity contribution in [2.75, 3.05) is 12.3 Å². The number of thioether (sulfide) groups is 1. The summed E-state index contributed by atoms with van der Waals surface area (Å²) >= 11 is 0.750. The van der Waals surface area contributed by atoms with Crippen molar-refractivity contribution in [2.24, 2.45) is 5.41 Å². The fourth-order valence-corrected chi connectivity index (χ4v) is 7.60. The van der Waals surface area contributed by atoms with Gasteiger partial charge in [0.2, 0.25) is 4.21 Å². The zero-order valence-electron chi connectivity index (χ0n) is 16.0. The highest BCUT2D eigenvalue weighted by Gasteiger charge is 2.61. The first kappa shape index (κ1) is 21.2. The molecule has 2 aromatic heterocycles. The van der Waals surface area contributed by atoms with Crippen LogP contribution < -0.4 is 9.67 Å². The molecule has 2 aliphatic rings. The van der Waals surface area contributed by atoms with Crippen LogP contribution >= 0.6 is 23.1 Å². The lowest BCUT2D eigenvalue weighted by Gasteiger charge is -2.55. The average Bonchev–Trinajstić information content (AvgIpc) is 3.27. The Morgan fingerprint density at radius 1 is 1.33 bits per heavy atom. The van der Waals surface area contributed by atoms with Crippen LogP contribution in [0.25, 0.3) is 0 Å². The van der Waals surface area contributed by atoms with E-state index in [1.165, 1.54) is 34.9 Å². The zero-order chi connectivity index (χ0) is 21.5. The van der Waals surface area contributed by atoms with Gasteiger partial charge in [0.1, 0.15) is 16.7 Å². The first-order valence-corrected chi connectivity index (χ1v) is 12.2. The Kier molecular flexibility index (Phi) is 5.80. The molecule has 8 nitrogen and oxygen atoms in total. The summed E-state index contributed by atoms with van der Waals surface area (Å²) in [6, 6.07) is 7.95. The summed E-state index contributed by atoms with van der Waals surface area (Å²) in [5, 5.41) is 13.4. The minimum atomic E-state index is -1.79. The van der Waals surface area contributed by atoms with Crippen LogP contribution in [-0.2, 0) is 32.3 Å². The van der Waals surface area contributed by atoms with Gasteiger partial charge in [-0.25, -0.2) is 4.57 Å². The molecule has 30 heavy (non-hydrogen) atoms. The minimum absolute atomic E-state index is 0.0123. The van der Waals surface area contributed by atoms with Gasteiger partial charge in [-0.15, -0.1) is 16.1 Å². The van der Waals surface area contributed by atoms with Crippen molar-refractivity contribution in [1.29, 1.82) is 0 Å². The maximum atomic E-state index is 12.9. The Labute approximate surface area is 184 Å². The monoisotopic (exact) mass is 465 g/mol. The fourth-order valence-electron chi connectivity index (χ4n) is 3.74. The van der Waals surface area contributed by atoms with E-state index >= 15 is 0 Å². The van der Waals surface area contributed by atoms with Crippen LogP contribution in [0.15, 0.2) is 52.3 Å². The number of amides is 2. The van der Waals surface area contributed by atoms with Crippen LogP contribution in [0.5, 0.6) is 0 Å². The molecule has 0 saturated carbocycles. The van der Waals surface area contributed by atoms with Crippen molar-refractivity contribution in [2.45, 2.75) is 29.1 Å². The van der Waals surface area contributed by atoms with Crippen LogP contribution in [-0.4, -0.2) is 55.3 Å². The Morgan fingerprint density at radius 2 is 2.07 bits per heavy atom. The highest BCUT2D eigenvalue weighted by atomic mass is 32.2. The Bertz CT molecular complexity index is 958. The summed E-state index contributed by atoms with van der Waals surface area (Å²) in [5.74, 6) is -1.85. The highest BCUT2D eigenvalue weighted by molar-refractivity contribution is 8.00. The van der Waals surface area contributed by atoms with Crippen molar-refractivity contribution in [3.63, 3.8) is 0 Å². The molecule has 4 rings (SSSR count). The number of rotatable bonds is 6. The number of aliphatic carboxylic acids is 1. The van der Waals surface area contributed by atoms with Gasteiger partial charge >= 0.3 is 0 Å². The number of carbonyl (C=O) groups is 3. The minimum Gasteiger partial charge on any atom is -0.587 e. The summed E-state index contributed by atoms with van der Waals surface area (Å²) in [7, 11) is 0. The molecule has 0 bridgehead atoms. The molecule has 2 amide bonds. The number of fused-ring (bicyclic) bond motifs is 1. The van der Waals surface area contributed by atoms with Gasteiger partial charge < -0.3 is 19.4 Å². The molecule has 0 aromatic carbocycles. The Hall–Kier alpha value is -2.08. The molecule has 0 spiro atoms. The van der Waals surface area contributed by atoms with Crippen LogP contribution in [0.4, 0.5) is 0 Å². The second kappa shape index (κ2) is 8.22. The summed E-state index contributed by atoms with van der Waals surface area (Å²) in [4.78, 5) is 38.7. The standard InChI is InChI=1S/C19H19N3O5S3/c1-13(23)22(30(27)14-6-5-9-28-14)15-16(24)21-11-19(18(25)26,12-29-17(15)21)10-20-7-3-2-4-8-20/h2-9,15,17H,10-12H2,1H3/t15?,17-,19?,30?/m1/s1. The van der Waals surface area contributed by atoms with Crippen LogP contribution in [0.1, 0.15) is 6.92 Å². The summed E-state index contributed by atoms with van der Waals surface area (Å²) in [6.45, 7) is 1.44. The number of carboxylic acid groups (broad SMARTS) is 1. The SMILES string of the molecule is CC(=O)N(C1C(=O)N2CC(C[n+]3ccccc3)(C(=O)[O-])CS[C@H]12)[S+]([O-])c1cccs1. The van der Waals surface area contributed by atoms with E-state index in [9.17, 15) is 24.0 Å². The number of hydrogen-bond donors (Lipinski definition) is 0. The van der Waals surface area contributed by atoms with E-state index < -0.39 is 46.0 Å². The van der Waals surface area contributed by atoms with Gasteiger partial charge in [-0.1, -0.05) is 17.4 Å². The van der Waals surface area contributed by atoms with Gasteiger partial charge in [0.05, 0.1) is 11.4 Å². The Balaban J connectivity index is 1.55. The van der Waals surface area contributed by atoms with E-state index in [1.807, 2.05) is 6.07 Å². The van der Waals surface area contributed by atoms with Crippen LogP contribution in [0.2, 0.25) is 0 Å². The molecule has 0 N–H and O–H groups in total. The Morgan fingerprint density at radius 3 is 2.67 bits per heavy atom. The topological polar surface area (TPSA) is 108 Å².